The maximum absolute atomic E-state index is 11.8. The number of nitrogens with zero attached hydrogens (tertiary/aromatic N) is 2. The minimum atomic E-state index is -0.295. The average molecular weight is 439 g/mol. The molecule has 0 aromatic heterocycles. The van der Waals surface area contributed by atoms with E-state index in [0.717, 1.165) is 24.9 Å². The molecule has 0 atom stereocenters. The van der Waals surface area contributed by atoms with Crippen LogP contribution in [0.1, 0.15) is 77.2 Å². The number of ether oxygens (including phenoxy) is 2. The molecule has 0 heterocycles. The van der Waals surface area contributed by atoms with Gasteiger partial charge in [0.1, 0.15) is 5.75 Å². The van der Waals surface area contributed by atoms with Gasteiger partial charge in [-0.15, -0.1) is 0 Å². The van der Waals surface area contributed by atoms with E-state index in [1.165, 1.54) is 44.1 Å². The molecule has 0 aliphatic heterocycles. The molecule has 0 saturated heterocycles. The monoisotopic (exact) mass is 438 g/mol. The van der Waals surface area contributed by atoms with Crippen molar-refractivity contribution in [2.24, 2.45) is 10.2 Å². The maximum Gasteiger partial charge on any atom is 0.313 e. The lowest BCUT2D eigenvalue weighted by Gasteiger charge is -2.05. The molecule has 0 aliphatic carbocycles. The third-order valence-electron chi connectivity index (χ3n) is 5.20. The van der Waals surface area contributed by atoms with Crippen LogP contribution in [0.2, 0.25) is 0 Å². The van der Waals surface area contributed by atoms with Gasteiger partial charge < -0.3 is 9.47 Å². The Morgan fingerprint density at radius 3 is 1.97 bits per heavy atom. The molecule has 174 valence electrons. The van der Waals surface area contributed by atoms with Gasteiger partial charge in [0.05, 0.1) is 24.4 Å². The summed E-state index contributed by atoms with van der Waals surface area (Å²) in [6, 6.07) is 15.3. The molecule has 0 aliphatic rings. The fourth-order valence-electron chi connectivity index (χ4n) is 3.22. The first-order valence-electron chi connectivity index (χ1n) is 12.1. The van der Waals surface area contributed by atoms with Gasteiger partial charge in [0.2, 0.25) is 0 Å². The largest absolute Gasteiger partial charge is 0.426 e. The minimum Gasteiger partial charge on any atom is -0.426 e. The summed E-state index contributed by atoms with van der Waals surface area (Å²) < 4.78 is 10.7. The Balaban J connectivity index is 1.71. The standard InChI is InChI=1S/C27H38N2O3/c1-3-5-7-8-9-10-11-23-12-14-24(15-13-23)28-29-25-16-18-26(19-17-25)32-27(30)20-22-31-21-6-4-2/h12-19H,3-11,20-22H2,1-2H3. The zero-order valence-corrected chi connectivity index (χ0v) is 19.7. The molecule has 0 radical (unpaired) electrons. The summed E-state index contributed by atoms with van der Waals surface area (Å²) in [7, 11) is 0. The van der Waals surface area contributed by atoms with E-state index >= 15 is 0 Å². The van der Waals surface area contributed by atoms with Crippen molar-refractivity contribution in [3.8, 4) is 5.75 Å². The van der Waals surface area contributed by atoms with Crippen LogP contribution in [0.3, 0.4) is 0 Å². The number of hydrogen-bond acceptors (Lipinski definition) is 5. The summed E-state index contributed by atoms with van der Waals surface area (Å²) in [6.45, 7) is 5.43. The molecule has 0 amide bonds. The van der Waals surface area contributed by atoms with Crippen molar-refractivity contribution in [1.82, 2.24) is 0 Å². The molecule has 0 spiro atoms. The lowest BCUT2D eigenvalue weighted by Crippen LogP contribution is -2.11. The number of carbonyl (C=O) groups excluding carboxylic acids is 1. The Morgan fingerprint density at radius 2 is 1.31 bits per heavy atom. The quantitative estimate of drug-likeness (QED) is 0.115. The Morgan fingerprint density at radius 1 is 0.719 bits per heavy atom. The SMILES string of the molecule is CCCCCCCCc1ccc(N=Nc2ccc(OC(=O)CCOCCCC)cc2)cc1. The highest BCUT2D eigenvalue weighted by molar-refractivity contribution is 5.72. The van der Waals surface area contributed by atoms with Crippen molar-refractivity contribution in [1.29, 1.82) is 0 Å². The molecule has 0 fully saturated rings. The number of aryl methyl sites for hydroxylation is 1. The van der Waals surface area contributed by atoms with Gasteiger partial charge in [-0.3, -0.25) is 4.79 Å². The molecule has 2 rings (SSSR count). The van der Waals surface area contributed by atoms with Crippen molar-refractivity contribution >= 4 is 17.3 Å². The van der Waals surface area contributed by atoms with Gasteiger partial charge in [-0.1, -0.05) is 64.5 Å². The smallest absolute Gasteiger partial charge is 0.313 e. The van der Waals surface area contributed by atoms with Crippen LogP contribution in [-0.2, 0) is 16.0 Å². The number of azo groups is 1. The summed E-state index contributed by atoms with van der Waals surface area (Å²) in [5.74, 6) is 0.207. The third kappa shape index (κ3) is 11.2. The van der Waals surface area contributed by atoms with Gasteiger partial charge in [-0.05, 0) is 61.2 Å². The van der Waals surface area contributed by atoms with Crippen molar-refractivity contribution < 1.29 is 14.3 Å². The summed E-state index contributed by atoms with van der Waals surface area (Å²) in [6.07, 6.45) is 11.3. The van der Waals surface area contributed by atoms with Gasteiger partial charge in [-0.2, -0.15) is 10.2 Å². The summed E-state index contributed by atoms with van der Waals surface area (Å²) >= 11 is 0. The molecule has 32 heavy (non-hydrogen) atoms. The molecule has 2 aromatic rings. The van der Waals surface area contributed by atoms with Crippen molar-refractivity contribution in [2.75, 3.05) is 13.2 Å². The maximum atomic E-state index is 11.8. The first kappa shape index (κ1) is 25.7. The molecule has 2 aromatic carbocycles. The van der Waals surface area contributed by atoms with Gasteiger partial charge in [0, 0.05) is 6.61 Å². The van der Waals surface area contributed by atoms with Gasteiger partial charge in [0.25, 0.3) is 0 Å². The van der Waals surface area contributed by atoms with E-state index in [0.29, 0.717) is 24.7 Å². The zero-order chi connectivity index (χ0) is 22.9. The van der Waals surface area contributed by atoms with E-state index in [2.05, 4.69) is 36.2 Å². The number of benzene rings is 2. The predicted molar refractivity (Wildman–Crippen MR) is 130 cm³/mol. The van der Waals surface area contributed by atoms with E-state index in [1.807, 2.05) is 12.1 Å². The van der Waals surface area contributed by atoms with Crippen LogP contribution in [0.15, 0.2) is 58.8 Å². The van der Waals surface area contributed by atoms with Crippen LogP contribution in [0.5, 0.6) is 5.75 Å². The Labute approximate surface area is 193 Å². The number of hydrogen-bond donors (Lipinski definition) is 0. The Hall–Kier alpha value is -2.53. The lowest BCUT2D eigenvalue weighted by atomic mass is 10.0. The number of unbranched alkanes of at least 4 members (excludes halogenated alkanes) is 6. The second-order valence-electron chi connectivity index (χ2n) is 8.07. The van der Waals surface area contributed by atoms with Crippen LogP contribution in [0.4, 0.5) is 11.4 Å². The highest BCUT2D eigenvalue weighted by Gasteiger charge is 2.05. The zero-order valence-electron chi connectivity index (χ0n) is 19.7. The Kier molecular flexibility index (Phi) is 13.0. The van der Waals surface area contributed by atoms with Gasteiger partial charge in [-0.25, -0.2) is 0 Å². The third-order valence-corrected chi connectivity index (χ3v) is 5.20. The fraction of sp³-hybridized carbons (Fsp3) is 0.519. The summed E-state index contributed by atoms with van der Waals surface area (Å²) in [5, 5.41) is 8.58. The number of esters is 1. The molecule has 5 heteroatoms. The van der Waals surface area contributed by atoms with Crippen molar-refractivity contribution in [2.45, 2.75) is 78.1 Å². The Bertz CT molecular complexity index is 786. The van der Waals surface area contributed by atoms with Crippen LogP contribution in [-0.4, -0.2) is 19.2 Å². The summed E-state index contributed by atoms with van der Waals surface area (Å²) in [5.41, 5.74) is 2.89. The van der Waals surface area contributed by atoms with Crippen LogP contribution >= 0.6 is 0 Å². The predicted octanol–water partition coefficient (Wildman–Crippen LogP) is 8.12. The highest BCUT2D eigenvalue weighted by atomic mass is 16.5. The summed E-state index contributed by atoms with van der Waals surface area (Å²) in [4.78, 5) is 11.8. The minimum absolute atomic E-state index is 0.250. The average Bonchev–Trinajstić information content (AvgIpc) is 2.81. The van der Waals surface area contributed by atoms with Crippen LogP contribution in [0, 0.1) is 0 Å². The molecule has 5 nitrogen and oxygen atoms in total. The van der Waals surface area contributed by atoms with Crippen molar-refractivity contribution in [3.63, 3.8) is 0 Å². The fourth-order valence-corrected chi connectivity index (χ4v) is 3.22. The van der Waals surface area contributed by atoms with Gasteiger partial charge in [0.15, 0.2) is 0 Å². The number of rotatable bonds is 16. The van der Waals surface area contributed by atoms with E-state index in [1.54, 1.807) is 24.3 Å². The number of carbonyl (C=O) groups is 1. The molecule has 0 bridgehead atoms. The van der Waals surface area contributed by atoms with E-state index in [-0.39, 0.29) is 12.4 Å². The van der Waals surface area contributed by atoms with Crippen LogP contribution < -0.4 is 4.74 Å². The first-order chi connectivity index (χ1) is 15.7. The molecule has 0 unspecified atom stereocenters. The van der Waals surface area contributed by atoms with Gasteiger partial charge >= 0.3 is 5.97 Å². The van der Waals surface area contributed by atoms with Crippen LogP contribution in [0.25, 0.3) is 0 Å². The van der Waals surface area contributed by atoms with E-state index in [4.69, 9.17) is 9.47 Å². The molecule has 0 N–H and O–H groups in total. The molecule has 0 saturated carbocycles. The topological polar surface area (TPSA) is 60.2 Å². The lowest BCUT2D eigenvalue weighted by molar-refractivity contribution is -0.135. The van der Waals surface area contributed by atoms with E-state index in [9.17, 15) is 4.79 Å². The molecular weight excluding hydrogens is 400 g/mol. The normalized spacial score (nSPS) is 11.2. The molecular formula is C27H38N2O3. The van der Waals surface area contributed by atoms with Crippen molar-refractivity contribution in [3.05, 3.63) is 54.1 Å². The second kappa shape index (κ2) is 16.2. The first-order valence-corrected chi connectivity index (χ1v) is 12.1. The van der Waals surface area contributed by atoms with E-state index < -0.39 is 0 Å². The highest BCUT2D eigenvalue weighted by Crippen LogP contribution is 2.22. The second-order valence-corrected chi connectivity index (χ2v) is 8.07.